The van der Waals surface area contributed by atoms with Gasteiger partial charge >= 0.3 is 6.61 Å². The van der Waals surface area contributed by atoms with Crippen LogP contribution in [-0.2, 0) is 24.3 Å². The zero-order valence-corrected chi connectivity index (χ0v) is 14.7. The van der Waals surface area contributed by atoms with Crippen LogP contribution in [0.1, 0.15) is 16.7 Å². The molecule has 2 heterocycles. The molecule has 1 N–H and O–H groups in total. The third-order valence-corrected chi connectivity index (χ3v) is 4.75. The highest BCUT2D eigenvalue weighted by Gasteiger charge is 2.39. The number of nitrogens with zero attached hydrogens (tertiary/aromatic N) is 1. The van der Waals surface area contributed by atoms with E-state index in [1.54, 1.807) is 12.1 Å². The molecule has 27 heavy (non-hydrogen) atoms. The molecule has 4 rings (SSSR count). The number of hydrogen-bond acceptors (Lipinski definition) is 4. The highest BCUT2D eigenvalue weighted by atomic mass is 19.3. The number of halogens is 2. The van der Waals surface area contributed by atoms with Gasteiger partial charge in [0.2, 0.25) is 5.91 Å². The lowest BCUT2D eigenvalue weighted by atomic mass is 10.1. The molecule has 2 unspecified atom stereocenters. The second-order valence-electron chi connectivity index (χ2n) is 6.73. The first-order chi connectivity index (χ1) is 13.1. The summed E-state index contributed by atoms with van der Waals surface area (Å²) in [6.45, 7) is -0.468. The van der Waals surface area contributed by atoms with Crippen molar-refractivity contribution >= 4 is 5.91 Å². The Kier molecular flexibility index (Phi) is 4.94. The van der Waals surface area contributed by atoms with Crippen molar-refractivity contribution in [2.24, 2.45) is 0 Å². The van der Waals surface area contributed by atoms with Gasteiger partial charge in [-0.1, -0.05) is 24.3 Å². The third kappa shape index (κ3) is 4.36. The van der Waals surface area contributed by atoms with Crippen LogP contribution in [0.2, 0.25) is 0 Å². The van der Waals surface area contributed by atoms with Crippen LogP contribution in [0.5, 0.6) is 11.5 Å². The molecule has 1 fully saturated rings. The van der Waals surface area contributed by atoms with Crippen molar-refractivity contribution in [2.75, 3.05) is 13.2 Å². The van der Waals surface area contributed by atoms with Crippen LogP contribution in [0.4, 0.5) is 8.78 Å². The average molecular weight is 374 g/mol. The summed E-state index contributed by atoms with van der Waals surface area (Å²) in [5.74, 6) is 1.04. The molecule has 2 aromatic carbocycles. The molecule has 0 saturated carbocycles. The Bertz CT molecular complexity index is 844. The van der Waals surface area contributed by atoms with Crippen LogP contribution in [0, 0.1) is 0 Å². The lowest BCUT2D eigenvalue weighted by Gasteiger charge is -2.09. The van der Waals surface area contributed by atoms with Gasteiger partial charge in [0, 0.05) is 26.1 Å². The lowest BCUT2D eigenvalue weighted by Crippen LogP contribution is -2.29. The number of nitrogens with one attached hydrogen (secondary N) is 1. The Morgan fingerprint density at radius 2 is 2.15 bits per heavy atom. The van der Waals surface area contributed by atoms with E-state index in [0.717, 1.165) is 23.3 Å². The normalized spacial score (nSPS) is 20.1. The maximum Gasteiger partial charge on any atom is 0.387 e. The first kappa shape index (κ1) is 17.7. The van der Waals surface area contributed by atoms with E-state index in [2.05, 4.69) is 16.1 Å². The van der Waals surface area contributed by atoms with Crippen LogP contribution in [0.3, 0.4) is 0 Å². The fourth-order valence-corrected chi connectivity index (χ4v) is 3.31. The molecule has 1 amide bonds. The van der Waals surface area contributed by atoms with E-state index < -0.39 is 6.61 Å². The fraction of sp³-hybridized carbons (Fsp3) is 0.350. The highest BCUT2D eigenvalue weighted by Crippen LogP contribution is 2.26. The van der Waals surface area contributed by atoms with Gasteiger partial charge in [-0.05, 0) is 34.9 Å². The number of benzene rings is 2. The third-order valence-electron chi connectivity index (χ3n) is 4.75. The Balaban J connectivity index is 1.27. The summed E-state index contributed by atoms with van der Waals surface area (Å²) in [5, 5.41) is 2.96. The van der Waals surface area contributed by atoms with E-state index in [9.17, 15) is 13.6 Å². The first-order valence-electron chi connectivity index (χ1n) is 8.88. The number of amides is 1. The van der Waals surface area contributed by atoms with E-state index in [1.165, 1.54) is 11.6 Å². The molecular weight excluding hydrogens is 354 g/mol. The standard InChI is InChI=1S/C20H20F2N2O3/c21-20(22)27-16-3-1-2-14(9-16)11-24-12-17(24)19(25)23-10-13-4-5-18-15(8-13)6-7-26-18/h1-5,8-9,17,20H,6-7,10-12H2,(H,23,25). The number of carbonyl (C=O) groups excluding carboxylic acids is 1. The topological polar surface area (TPSA) is 50.6 Å². The van der Waals surface area contributed by atoms with E-state index in [-0.39, 0.29) is 17.7 Å². The van der Waals surface area contributed by atoms with Crippen LogP contribution < -0.4 is 14.8 Å². The van der Waals surface area contributed by atoms with Gasteiger partial charge in [0.1, 0.15) is 17.5 Å². The summed E-state index contributed by atoms with van der Waals surface area (Å²) in [6, 6.07) is 12.4. The number of fused-ring (bicyclic) bond motifs is 1. The first-order valence-corrected chi connectivity index (χ1v) is 8.88. The molecule has 2 aliphatic rings. The molecule has 5 nitrogen and oxygen atoms in total. The smallest absolute Gasteiger partial charge is 0.387 e. The van der Waals surface area contributed by atoms with Gasteiger partial charge in [0.05, 0.1) is 6.61 Å². The summed E-state index contributed by atoms with van der Waals surface area (Å²) in [4.78, 5) is 14.3. The van der Waals surface area contributed by atoms with E-state index in [0.29, 0.717) is 26.2 Å². The Morgan fingerprint density at radius 1 is 1.26 bits per heavy atom. The van der Waals surface area contributed by atoms with Crippen molar-refractivity contribution < 1.29 is 23.0 Å². The van der Waals surface area contributed by atoms with E-state index in [4.69, 9.17) is 4.74 Å². The molecule has 0 radical (unpaired) electrons. The van der Waals surface area contributed by atoms with Crippen LogP contribution in [-0.4, -0.2) is 36.6 Å². The SMILES string of the molecule is O=C(NCc1ccc2c(c1)CCO2)C1CN1Cc1cccc(OC(F)F)c1. The fourth-order valence-electron chi connectivity index (χ4n) is 3.31. The molecule has 2 aliphatic heterocycles. The van der Waals surface area contributed by atoms with E-state index >= 15 is 0 Å². The molecule has 0 aromatic heterocycles. The summed E-state index contributed by atoms with van der Waals surface area (Å²) in [6.07, 6.45) is 0.905. The summed E-state index contributed by atoms with van der Waals surface area (Å²) < 4.78 is 34.5. The Hall–Kier alpha value is -2.67. The van der Waals surface area contributed by atoms with Gasteiger partial charge < -0.3 is 14.8 Å². The molecule has 0 aliphatic carbocycles. The number of alkyl halides is 2. The Labute approximate surface area is 155 Å². The zero-order valence-electron chi connectivity index (χ0n) is 14.7. The number of hydrogen-bond donors (Lipinski definition) is 1. The van der Waals surface area contributed by atoms with Crippen molar-refractivity contribution in [3.63, 3.8) is 0 Å². The molecule has 2 aromatic rings. The second-order valence-corrected chi connectivity index (χ2v) is 6.73. The van der Waals surface area contributed by atoms with Gasteiger partial charge in [-0.2, -0.15) is 8.78 Å². The molecule has 2 atom stereocenters. The minimum absolute atomic E-state index is 0.0215. The summed E-state index contributed by atoms with van der Waals surface area (Å²) in [7, 11) is 0. The van der Waals surface area contributed by atoms with Crippen molar-refractivity contribution in [3.05, 3.63) is 59.2 Å². The van der Waals surface area contributed by atoms with Gasteiger partial charge in [-0.3, -0.25) is 9.69 Å². The van der Waals surface area contributed by atoms with Crippen LogP contribution >= 0.6 is 0 Å². The minimum atomic E-state index is -2.84. The number of rotatable bonds is 7. The molecule has 0 bridgehead atoms. The van der Waals surface area contributed by atoms with Crippen molar-refractivity contribution in [1.29, 1.82) is 0 Å². The van der Waals surface area contributed by atoms with Crippen LogP contribution in [0.15, 0.2) is 42.5 Å². The van der Waals surface area contributed by atoms with Crippen molar-refractivity contribution in [2.45, 2.75) is 32.2 Å². The van der Waals surface area contributed by atoms with Crippen molar-refractivity contribution in [1.82, 2.24) is 10.2 Å². The number of ether oxygens (including phenoxy) is 2. The summed E-state index contributed by atoms with van der Waals surface area (Å²) >= 11 is 0. The Morgan fingerprint density at radius 3 is 3.00 bits per heavy atom. The molecular formula is C20H20F2N2O3. The maximum absolute atomic E-state index is 12.3. The number of carbonyl (C=O) groups is 1. The quantitative estimate of drug-likeness (QED) is 0.758. The van der Waals surface area contributed by atoms with Gasteiger partial charge in [0.15, 0.2) is 0 Å². The van der Waals surface area contributed by atoms with Gasteiger partial charge in [-0.15, -0.1) is 0 Å². The summed E-state index contributed by atoms with van der Waals surface area (Å²) in [5.41, 5.74) is 3.07. The predicted molar refractivity (Wildman–Crippen MR) is 94.8 cm³/mol. The molecule has 7 heteroatoms. The predicted octanol–water partition coefficient (Wildman–Crippen LogP) is 2.72. The highest BCUT2D eigenvalue weighted by molar-refractivity contribution is 5.84. The molecule has 142 valence electrons. The van der Waals surface area contributed by atoms with Crippen molar-refractivity contribution in [3.8, 4) is 11.5 Å². The van der Waals surface area contributed by atoms with Crippen LogP contribution in [0.25, 0.3) is 0 Å². The lowest BCUT2D eigenvalue weighted by molar-refractivity contribution is -0.121. The average Bonchev–Trinajstić information content (AvgIpc) is 3.24. The monoisotopic (exact) mass is 374 g/mol. The van der Waals surface area contributed by atoms with E-state index in [1.807, 2.05) is 23.1 Å². The van der Waals surface area contributed by atoms with Gasteiger partial charge in [-0.25, -0.2) is 0 Å². The molecule has 1 saturated heterocycles. The molecule has 0 spiro atoms. The minimum Gasteiger partial charge on any atom is -0.493 e. The van der Waals surface area contributed by atoms with Gasteiger partial charge in [0.25, 0.3) is 0 Å². The maximum atomic E-state index is 12.3. The second kappa shape index (κ2) is 7.52. The largest absolute Gasteiger partial charge is 0.493 e. The zero-order chi connectivity index (χ0) is 18.8.